The Bertz CT molecular complexity index is 462. The predicted octanol–water partition coefficient (Wildman–Crippen LogP) is 2.24. The Morgan fingerprint density at radius 1 is 1.24 bits per heavy atom. The molecule has 17 heavy (non-hydrogen) atoms. The van der Waals surface area contributed by atoms with Crippen molar-refractivity contribution < 1.29 is 4.74 Å². The fourth-order valence-electron chi connectivity index (χ4n) is 1.60. The standard InChI is InChI=1S/C13H17N3O/c1-11-7-8-15-16(11)9-2-10-17-13-5-3-12(14)4-6-13/h3-8H,2,9-10,14H2,1H3. The number of hydrogen-bond acceptors (Lipinski definition) is 3. The van der Waals surface area contributed by atoms with Gasteiger partial charge in [-0.3, -0.25) is 4.68 Å². The first-order valence-corrected chi connectivity index (χ1v) is 5.72. The maximum absolute atomic E-state index is 5.60. The zero-order valence-electron chi connectivity index (χ0n) is 9.97. The van der Waals surface area contributed by atoms with Crippen LogP contribution in [-0.2, 0) is 6.54 Å². The third kappa shape index (κ3) is 3.24. The molecule has 0 aliphatic carbocycles. The van der Waals surface area contributed by atoms with Crippen LogP contribution in [0.15, 0.2) is 36.5 Å². The number of ether oxygens (including phenoxy) is 1. The zero-order valence-corrected chi connectivity index (χ0v) is 9.97. The summed E-state index contributed by atoms with van der Waals surface area (Å²) in [5, 5.41) is 4.22. The van der Waals surface area contributed by atoms with E-state index in [4.69, 9.17) is 10.5 Å². The second-order valence-electron chi connectivity index (χ2n) is 3.97. The Morgan fingerprint density at radius 2 is 2.00 bits per heavy atom. The van der Waals surface area contributed by atoms with Crippen LogP contribution in [0.2, 0.25) is 0 Å². The molecule has 2 N–H and O–H groups in total. The van der Waals surface area contributed by atoms with Crippen LogP contribution in [0.1, 0.15) is 12.1 Å². The van der Waals surface area contributed by atoms with Gasteiger partial charge in [0, 0.05) is 30.5 Å². The van der Waals surface area contributed by atoms with Gasteiger partial charge in [-0.1, -0.05) is 0 Å². The second kappa shape index (κ2) is 5.39. The summed E-state index contributed by atoms with van der Waals surface area (Å²) in [4.78, 5) is 0. The smallest absolute Gasteiger partial charge is 0.119 e. The van der Waals surface area contributed by atoms with E-state index in [2.05, 4.69) is 5.10 Å². The highest BCUT2D eigenvalue weighted by atomic mass is 16.5. The minimum absolute atomic E-state index is 0.684. The highest BCUT2D eigenvalue weighted by Gasteiger charge is 1.97. The quantitative estimate of drug-likeness (QED) is 0.634. The second-order valence-corrected chi connectivity index (χ2v) is 3.97. The van der Waals surface area contributed by atoms with Gasteiger partial charge in [-0.05, 0) is 37.3 Å². The van der Waals surface area contributed by atoms with Crippen LogP contribution in [0.25, 0.3) is 0 Å². The molecule has 0 aliphatic rings. The molecule has 0 fully saturated rings. The van der Waals surface area contributed by atoms with E-state index < -0.39 is 0 Å². The first kappa shape index (κ1) is 11.5. The number of nitrogens with two attached hydrogens (primary N) is 1. The molecule has 1 aromatic carbocycles. The van der Waals surface area contributed by atoms with E-state index in [1.165, 1.54) is 5.69 Å². The lowest BCUT2D eigenvalue weighted by atomic mass is 10.3. The number of rotatable bonds is 5. The van der Waals surface area contributed by atoms with Crippen LogP contribution in [0.5, 0.6) is 5.75 Å². The fourth-order valence-corrected chi connectivity index (χ4v) is 1.60. The van der Waals surface area contributed by atoms with Crippen LogP contribution in [0.3, 0.4) is 0 Å². The van der Waals surface area contributed by atoms with E-state index in [0.717, 1.165) is 24.4 Å². The number of hydrogen-bond donors (Lipinski definition) is 1. The molecule has 0 spiro atoms. The first-order chi connectivity index (χ1) is 8.25. The highest BCUT2D eigenvalue weighted by molar-refractivity contribution is 5.41. The van der Waals surface area contributed by atoms with E-state index in [0.29, 0.717) is 6.61 Å². The third-order valence-corrected chi connectivity index (χ3v) is 2.59. The van der Waals surface area contributed by atoms with Gasteiger partial charge in [0.2, 0.25) is 0 Å². The largest absolute Gasteiger partial charge is 0.494 e. The van der Waals surface area contributed by atoms with Crippen LogP contribution in [0.4, 0.5) is 5.69 Å². The highest BCUT2D eigenvalue weighted by Crippen LogP contribution is 2.13. The van der Waals surface area contributed by atoms with Gasteiger partial charge in [-0.15, -0.1) is 0 Å². The Labute approximate surface area is 101 Å². The Hall–Kier alpha value is -1.97. The molecule has 1 aromatic heterocycles. The molecule has 2 aromatic rings. The van der Waals surface area contributed by atoms with E-state index in [1.807, 2.05) is 48.1 Å². The molecule has 0 saturated heterocycles. The predicted molar refractivity (Wildman–Crippen MR) is 67.9 cm³/mol. The van der Waals surface area contributed by atoms with E-state index in [9.17, 15) is 0 Å². The Morgan fingerprint density at radius 3 is 2.65 bits per heavy atom. The summed E-state index contributed by atoms with van der Waals surface area (Å²) < 4.78 is 7.58. The van der Waals surface area contributed by atoms with Crippen LogP contribution < -0.4 is 10.5 Å². The van der Waals surface area contributed by atoms with Gasteiger partial charge in [-0.25, -0.2) is 0 Å². The van der Waals surface area contributed by atoms with Crippen molar-refractivity contribution in [1.82, 2.24) is 9.78 Å². The van der Waals surface area contributed by atoms with Crippen molar-refractivity contribution in [3.05, 3.63) is 42.2 Å². The Kier molecular flexibility index (Phi) is 3.65. The van der Waals surface area contributed by atoms with Crippen LogP contribution >= 0.6 is 0 Å². The molecule has 0 unspecified atom stereocenters. The summed E-state index contributed by atoms with van der Waals surface area (Å²) in [5.74, 6) is 0.858. The lowest BCUT2D eigenvalue weighted by molar-refractivity contribution is 0.298. The van der Waals surface area contributed by atoms with Gasteiger partial charge in [0.1, 0.15) is 5.75 Å². The van der Waals surface area contributed by atoms with Crippen molar-refractivity contribution in [1.29, 1.82) is 0 Å². The molecule has 2 rings (SSSR count). The number of benzene rings is 1. The van der Waals surface area contributed by atoms with E-state index >= 15 is 0 Å². The summed E-state index contributed by atoms with van der Waals surface area (Å²) in [6.45, 7) is 3.62. The molecule has 0 amide bonds. The average molecular weight is 231 g/mol. The molecular formula is C13H17N3O. The topological polar surface area (TPSA) is 53.1 Å². The van der Waals surface area contributed by atoms with Crippen molar-refractivity contribution in [3.63, 3.8) is 0 Å². The molecule has 0 bridgehead atoms. The molecule has 0 atom stereocenters. The maximum Gasteiger partial charge on any atom is 0.119 e. The molecular weight excluding hydrogens is 214 g/mol. The monoisotopic (exact) mass is 231 g/mol. The normalized spacial score (nSPS) is 10.4. The van der Waals surface area contributed by atoms with E-state index in [1.54, 1.807) is 0 Å². The minimum Gasteiger partial charge on any atom is -0.494 e. The van der Waals surface area contributed by atoms with Crippen molar-refractivity contribution in [3.8, 4) is 5.75 Å². The summed E-state index contributed by atoms with van der Waals surface area (Å²) in [5.41, 5.74) is 7.53. The lowest BCUT2D eigenvalue weighted by Crippen LogP contribution is -2.06. The summed E-state index contributed by atoms with van der Waals surface area (Å²) in [7, 11) is 0. The Balaban J connectivity index is 1.73. The number of anilines is 1. The first-order valence-electron chi connectivity index (χ1n) is 5.72. The van der Waals surface area contributed by atoms with Gasteiger partial charge in [-0.2, -0.15) is 5.10 Å². The fraction of sp³-hybridized carbons (Fsp3) is 0.308. The molecule has 90 valence electrons. The van der Waals surface area contributed by atoms with Crippen LogP contribution in [0, 0.1) is 6.92 Å². The van der Waals surface area contributed by atoms with Crippen LogP contribution in [-0.4, -0.2) is 16.4 Å². The zero-order chi connectivity index (χ0) is 12.1. The summed E-state index contributed by atoms with van der Waals surface area (Å²) in [6.07, 6.45) is 2.75. The number of aryl methyl sites for hydroxylation is 2. The minimum atomic E-state index is 0.684. The lowest BCUT2D eigenvalue weighted by Gasteiger charge is -2.07. The molecule has 4 nitrogen and oxygen atoms in total. The molecule has 0 aliphatic heterocycles. The maximum atomic E-state index is 5.60. The average Bonchev–Trinajstić information content (AvgIpc) is 2.73. The molecule has 1 heterocycles. The van der Waals surface area contributed by atoms with E-state index in [-0.39, 0.29) is 0 Å². The number of nitrogens with zero attached hydrogens (tertiary/aromatic N) is 2. The molecule has 0 radical (unpaired) electrons. The van der Waals surface area contributed by atoms with Crippen molar-refractivity contribution in [2.45, 2.75) is 19.9 Å². The van der Waals surface area contributed by atoms with Gasteiger partial charge in [0.15, 0.2) is 0 Å². The summed E-state index contributed by atoms with van der Waals surface area (Å²) in [6, 6.07) is 9.45. The van der Waals surface area contributed by atoms with Crippen molar-refractivity contribution >= 4 is 5.69 Å². The van der Waals surface area contributed by atoms with Gasteiger partial charge < -0.3 is 10.5 Å². The van der Waals surface area contributed by atoms with Crippen molar-refractivity contribution in [2.24, 2.45) is 0 Å². The molecule has 4 heteroatoms. The van der Waals surface area contributed by atoms with Gasteiger partial charge in [0.05, 0.1) is 6.61 Å². The summed E-state index contributed by atoms with van der Waals surface area (Å²) >= 11 is 0. The van der Waals surface area contributed by atoms with Crippen molar-refractivity contribution in [2.75, 3.05) is 12.3 Å². The number of aromatic nitrogens is 2. The SMILES string of the molecule is Cc1ccnn1CCCOc1ccc(N)cc1. The third-order valence-electron chi connectivity index (χ3n) is 2.59. The van der Waals surface area contributed by atoms with Gasteiger partial charge >= 0.3 is 0 Å². The number of nitrogen functional groups attached to an aromatic ring is 1. The van der Waals surface area contributed by atoms with Gasteiger partial charge in [0.25, 0.3) is 0 Å². The molecule has 0 saturated carbocycles.